The lowest BCUT2D eigenvalue weighted by atomic mass is 10.1. The summed E-state index contributed by atoms with van der Waals surface area (Å²) >= 11 is 11.5. The molecule has 0 aromatic heterocycles. The molecule has 2 rings (SSSR count). The summed E-state index contributed by atoms with van der Waals surface area (Å²) in [6.45, 7) is -0.284. The van der Waals surface area contributed by atoms with E-state index in [1.54, 1.807) is 24.3 Å². The fourth-order valence-corrected chi connectivity index (χ4v) is 2.52. The third-order valence-electron chi connectivity index (χ3n) is 3.40. The number of nitrogens with one attached hydrogen (secondary N) is 2. The van der Waals surface area contributed by atoms with Crippen LogP contribution in [0.5, 0.6) is 0 Å². The Kier molecular flexibility index (Phi) is 7.12. The molecular weight excluding hydrogens is 382 g/mol. The second-order valence-corrected chi connectivity index (χ2v) is 6.17. The minimum absolute atomic E-state index is 0.0231. The number of carbonyl (C=O) groups excluding carboxylic acids is 3. The van der Waals surface area contributed by atoms with Crippen LogP contribution in [0.15, 0.2) is 42.5 Å². The highest BCUT2D eigenvalue weighted by molar-refractivity contribution is 6.34. The van der Waals surface area contributed by atoms with Gasteiger partial charge < -0.3 is 10.6 Å². The molecule has 0 unspecified atom stereocenters. The van der Waals surface area contributed by atoms with Gasteiger partial charge >= 0.3 is 0 Å². The fourth-order valence-electron chi connectivity index (χ4n) is 2.10. The lowest BCUT2D eigenvalue weighted by molar-refractivity contribution is -0.124. The first kappa shape index (κ1) is 19.9. The molecule has 0 radical (unpaired) electrons. The Labute approximate surface area is 159 Å². The summed E-state index contributed by atoms with van der Waals surface area (Å²) < 4.78 is 13.1. The summed E-state index contributed by atoms with van der Waals surface area (Å²) in [6.07, 6.45) is -0.0928. The minimum Gasteiger partial charge on any atom is -0.347 e. The van der Waals surface area contributed by atoms with Crippen molar-refractivity contribution >= 4 is 46.5 Å². The molecule has 5 nitrogen and oxygen atoms in total. The van der Waals surface area contributed by atoms with Gasteiger partial charge in [-0.15, -0.1) is 0 Å². The Morgan fingerprint density at radius 3 is 2.35 bits per heavy atom. The van der Waals surface area contributed by atoms with Crippen molar-refractivity contribution in [1.82, 2.24) is 5.32 Å². The number of anilines is 1. The van der Waals surface area contributed by atoms with Gasteiger partial charge in [0.15, 0.2) is 5.78 Å². The third kappa shape index (κ3) is 5.82. The molecule has 0 atom stereocenters. The zero-order valence-electron chi connectivity index (χ0n) is 13.5. The van der Waals surface area contributed by atoms with Crippen LogP contribution in [-0.4, -0.2) is 24.1 Å². The van der Waals surface area contributed by atoms with Crippen LogP contribution < -0.4 is 10.6 Å². The molecule has 2 aromatic rings. The molecular formula is C18H15Cl2FN2O3. The number of Topliss-reactive ketones (excluding diaryl/α,β-unsaturated/α-hetero) is 1. The van der Waals surface area contributed by atoms with Crippen LogP contribution in [-0.2, 0) is 9.59 Å². The maximum Gasteiger partial charge on any atom is 0.243 e. The van der Waals surface area contributed by atoms with Crippen LogP contribution >= 0.6 is 23.2 Å². The Bertz CT molecular complexity index is 843. The van der Waals surface area contributed by atoms with Gasteiger partial charge in [0.25, 0.3) is 0 Å². The first-order valence-corrected chi connectivity index (χ1v) is 8.41. The molecule has 0 heterocycles. The van der Waals surface area contributed by atoms with Crippen LogP contribution in [0.3, 0.4) is 0 Å². The molecule has 2 N–H and O–H groups in total. The quantitative estimate of drug-likeness (QED) is 0.697. The molecule has 26 heavy (non-hydrogen) atoms. The van der Waals surface area contributed by atoms with Crippen LogP contribution in [0.2, 0.25) is 10.0 Å². The number of hydrogen-bond acceptors (Lipinski definition) is 3. The predicted octanol–water partition coefficient (Wildman–Crippen LogP) is 3.85. The number of ketones is 1. The van der Waals surface area contributed by atoms with E-state index in [1.807, 2.05) is 0 Å². The van der Waals surface area contributed by atoms with E-state index >= 15 is 0 Å². The van der Waals surface area contributed by atoms with Crippen molar-refractivity contribution in [2.45, 2.75) is 12.8 Å². The molecule has 0 saturated heterocycles. The summed E-state index contributed by atoms with van der Waals surface area (Å²) in [5.74, 6) is -1.80. The highest BCUT2D eigenvalue weighted by Gasteiger charge is 2.13. The Hall–Kier alpha value is -2.44. The number of benzene rings is 2. The van der Waals surface area contributed by atoms with E-state index in [-0.39, 0.29) is 30.2 Å². The van der Waals surface area contributed by atoms with E-state index in [4.69, 9.17) is 23.2 Å². The van der Waals surface area contributed by atoms with Gasteiger partial charge in [0.2, 0.25) is 11.8 Å². The monoisotopic (exact) mass is 396 g/mol. The zero-order valence-corrected chi connectivity index (χ0v) is 15.0. The van der Waals surface area contributed by atoms with Crippen molar-refractivity contribution in [3.05, 3.63) is 63.9 Å². The van der Waals surface area contributed by atoms with Crippen molar-refractivity contribution in [3.63, 3.8) is 0 Å². The standard InChI is InChI=1S/C18H15Cl2FN2O3/c19-13-4-2-1-3-12(13)16(24)7-8-17(25)22-10-18(26)23-11-5-6-15(21)14(20)9-11/h1-6,9H,7-8,10H2,(H,22,25)(H,23,26). The van der Waals surface area contributed by atoms with E-state index in [0.29, 0.717) is 16.3 Å². The van der Waals surface area contributed by atoms with E-state index in [0.717, 1.165) is 6.07 Å². The normalized spacial score (nSPS) is 10.3. The highest BCUT2D eigenvalue weighted by atomic mass is 35.5. The summed E-state index contributed by atoms with van der Waals surface area (Å²) in [4.78, 5) is 35.6. The van der Waals surface area contributed by atoms with Crippen molar-refractivity contribution in [2.75, 3.05) is 11.9 Å². The molecule has 0 spiro atoms. The van der Waals surface area contributed by atoms with Gasteiger partial charge in [0, 0.05) is 24.1 Å². The Morgan fingerprint density at radius 1 is 0.923 bits per heavy atom. The molecule has 0 saturated carbocycles. The summed E-state index contributed by atoms with van der Waals surface area (Å²) in [5, 5.41) is 5.09. The van der Waals surface area contributed by atoms with Gasteiger partial charge in [0.05, 0.1) is 16.6 Å². The zero-order chi connectivity index (χ0) is 19.1. The van der Waals surface area contributed by atoms with E-state index in [2.05, 4.69) is 10.6 Å². The maximum absolute atomic E-state index is 13.1. The molecule has 0 aliphatic heterocycles. The Morgan fingerprint density at radius 2 is 1.65 bits per heavy atom. The number of hydrogen-bond donors (Lipinski definition) is 2. The van der Waals surface area contributed by atoms with Crippen LogP contribution in [0, 0.1) is 5.82 Å². The Balaban J connectivity index is 1.76. The third-order valence-corrected chi connectivity index (χ3v) is 4.02. The van der Waals surface area contributed by atoms with Gasteiger partial charge in [-0.1, -0.05) is 35.3 Å². The van der Waals surface area contributed by atoms with E-state index in [9.17, 15) is 18.8 Å². The lowest BCUT2D eigenvalue weighted by Gasteiger charge is -2.08. The molecule has 0 aliphatic rings. The SMILES string of the molecule is O=C(CCC(=O)c1ccccc1Cl)NCC(=O)Nc1ccc(F)c(Cl)c1. The average molecular weight is 397 g/mol. The molecule has 2 amide bonds. The van der Waals surface area contributed by atoms with Gasteiger partial charge in [-0.25, -0.2) is 4.39 Å². The highest BCUT2D eigenvalue weighted by Crippen LogP contribution is 2.19. The summed E-state index contributed by atoms with van der Waals surface area (Å²) in [7, 11) is 0. The number of amides is 2. The molecule has 0 bridgehead atoms. The molecule has 136 valence electrons. The number of carbonyl (C=O) groups is 3. The lowest BCUT2D eigenvalue weighted by Crippen LogP contribution is -2.33. The maximum atomic E-state index is 13.1. The molecule has 0 fully saturated rings. The van der Waals surface area contributed by atoms with Crippen molar-refractivity contribution in [2.24, 2.45) is 0 Å². The predicted molar refractivity (Wildman–Crippen MR) is 98.1 cm³/mol. The molecule has 0 aliphatic carbocycles. The van der Waals surface area contributed by atoms with Crippen LogP contribution in [0.1, 0.15) is 23.2 Å². The molecule has 2 aromatic carbocycles. The van der Waals surface area contributed by atoms with Gasteiger partial charge in [0.1, 0.15) is 5.82 Å². The topological polar surface area (TPSA) is 75.3 Å². The summed E-state index contributed by atoms with van der Waals surface area (Å²) in [5.41, 5.74) is 0.664. The smallest absolute Gasteiger partial charge is 0.243 e. The van der Waals surface area contributed by atoms with Gasteiger partial charge in [-0.2, -0.15) is 0 Å². The second kappa shape index (κ2) is 9.31. The summed E-state index contributed by atoms with van der Waals surface area (Å²) in [6, 6.07) is 10.3. The minimum atomic E-state index is -0.596. The number of rotatable bonds is 7. The fraction of sp³-hybridized carbons (Fsp3) is 0.167. The average Bonchev–Trinajstić information content (AvgIpc) is 2.61. The second-order valence-electron chi connectivity index (χ2n) is 5.36. The van der Waals surface area contributed by atoms with Gasteiger partial charge in [-0.3, -0.25) is 14.4 Å². The van der Waals surface area contributed by atoms with Crippen molar-refractivity contribution < 1.29 is 18.8 Å². The molecule has 8 heteroatoms. The first-order chi connectivity index (χ1) is 12.4. The number of halogens is 3. The van der Waals surface area contributed by atoms with E-state index < -0.39 is 17.6 Å². The van der Waals surface area contributed by atoms with Crippen LogP contribution in [0.4, 0.5) is 10.1 Å². The van der Waals surface area contributed by atoms with Crippen molar-refractivity contribution in [3.8, 4) is 0 Å². The van der Waals surface area contributed by atoms with Gasteiger partial charge in [-0.05, 0) is 30.3 Å². The van der Waals surface area contributed by atoms with E-state index in [1.165, 1.54) is 12.1 Å². The van der Waals surface area contributed by atoms with Crippen LogP contribution in [0.25, 0.3) is 0 Å². The largest absolute Gasteiger partial charge is 0.347 e. The first-order valence-electron chi connectivity index (χ1n) is 7.66. The van der Waals surface area contributed by atoms with Crippen molar-refractivity contribution in [1.29, 1.82) is 0 Å².